The smallest absolute Gasteiger partial charge is 0.220 e. The lowest BCUT2D eigenvalue weighted by atomic mass is 9.46. The molecule has 1 heterocycles. The standard InChI is InChI=1S/C28H41NO/c1-4-20(18-19-8-6-5-7-9-19)22-11-12-23-21-10-13-25-28(3,17-15-26(30)29-25)24(21)14-16-27(22,23)2/h5-9,20-25H,4,10-18H2,1-3H3,(H,29,30)/t20?,21-,22+,23-,24-,25+,27+,28+/m0/s1. The Labute approximate surface area is 183 Å². The minimum atomic E-state index is 0.296. The van der Waals surface area contributed by atoms with Gasteiger partial charge in [-0.3, -0.25) is 4.79 Å². The van der Waals surface area contributed by atoms with Crippen LogP contribution >= 0.6 is 0 Å². The van der Waals surface area contributed by atoms with Crippen molar-refractivity contribution in [2.75, 3.05) is 0 Å². The molecule has 1 unspecified atom stereocenters. The number of fused-ring (bicyclic) bond motifs is 5. The summed E-state index contributed by atoms with van der Waals surface area (Å²) < 4.78 is 0. The van der Waals surface area contributed by atoms with Crippen molar-refractivity contribution >= 4 is 5.91 Å². The molecule has 164 valence electrons. The Morgan fingerprint density at radius 3 is 2.50 bits per heavy atom. The summed E-state index contributed by atoms with van der Waals surface area (Å²) in [4.78, 5) is 12.0. The molecule has 1 saturated heterocycles. The second-order valence-electron chi connectivity index (χ2n) is 11.7. The van der Waals surface area contributed by atoms with Gasteiger partial charge in [0, 0.05) is 12.5 Å². The summed E-state index contributed by atoms with van der Waals surface area (Å²) >= 11 is 0. The molecule has 1 aliphatic heterocycles. The van der Waals surface area contributed by atoms with E-state index in [1.165, 1.54) is 56.9 Å². The van der Waals surface area contributed by atoms with E-state index < -0.39 is 0 Å². The molecule has 4 fully saturated rings. The Kier molecular flexibility index (Phi) is 5.27. The van der Waals surface area contributed by atoms with E-state index in [0.29, 0.717) is 22.8 Å². The molecule has 2 nitrogen and oxygen atoms in total. The lowest BCUT2D eigenvalue weighted by Crippen LogP contribution is -2.61. The summed E-state index contributed by atoms with van der Waals surface area (Å²) in [6.07, 6.45) is 12.7. The number of hydrogen-bond acceptors (Lipinski definition) is 1. The number of nitrogens with one attached hydrogen (secondary N) is 1. The van der Waals surface area contributed by atoms with Crippen molar-refractivity contribution in [2.45, 2.75) is 91.0 Å². The van der Waals surface area contributed by atoms with Gasteiger partial charge >= 0.3 is 0 Å². The van der Waals surface area contributed by atoms with Gasteiger partial charge in [-0.05, 0) is 97.3 Å². The van der Waals surface area contributed by atoms with Crippen molar-refractivity contribution in [3.8, 4) is 0 Å². The van der Waals surface area contributed by atoms with Gasteiger partial charge in [0.1, 0.15) is 0 Å². The second-order valence-corrected chi connectivity index (χ2v) is 11.7. The number of rotatable bonds is 4. The van der Waals surface area contributed by atoms with Gasteiger partial charge in [-0.2, -0.15) is 0 Å². The maximum atomic E-state index is 12.0. The number of carbonyl (C=O) groups excluding carboxylic acids is 1. The number of piperidine rings is 1. The summed E-state index contributed by atoms with van der Waals surface area (Å²) in [6.45, 7) is 7.62. The minimum Gasteiger partial charge on any atom is -0.353 e. The molecule has 3 saturated carbocycles. The predicted molar refractivity (Wildman–Crippen MR) is 123 cm³/mol. The van der Waals surface area contributed by atoms with Crippen LogP contribution in [-0.4, -0.2) is 11.9 Å². The van der Waals surface area contributed by atoms with Gasteiger partial charge in [-0.15, -0.1) is 0 Å². The molecule has 1 N–H and O–H groups in total. The molecule has 0 bridgehead atoms. The SMILES string of the molecule is CCC(Cc1ccccc1)[C@H]1CC[C@H]2[C@@H]3CC[C@H]4NC(=O)CC[C@]4(C)[C@H]3CC[C@]12C. The van der Waals surface area contributed by atoms with Crippen LogP contribution < -0.4 is 5.32 Å². The van der Waals surface area contributed by atoms with E-state index in [1.807, 2.05) is 0 Å². The van der Waals surface area contributed by atoms with Crippen molar-refractivity contribution < 1.29 is 4.79 Å². The van der Waals surface area contributed by atoms with Crippen molar-refractivity contribution in [1.82, 2.24) is 5.32 Å². The van der Waals surface area contributed by atoms with Gasteiger partial charge in [0.25, 0.3) is 0 Å². The lowest BCUT2D eigenvalue weighted by Gasteiger charge is -2.60. The number of carbonyl (C=O) groups is 1. The molecule has 1 aromatic rings. The highest BCUT2D eigenvalue weighted by atomic mass is 16.1. The third kappa shape index (κ3) is 3.16. The highest BCUT2D eigenvalue weighted by Crippen LogP contribution is 2.66. The Morgan fingerprint density at radius 2 is 1.73 bits per heavy atom. The third-order valence-electron chi connectivity index (χ3n) is 10.6. The molecule has 1 amide bonds. The lowest BCUT2D eigenvalue weighted by molar-refractivity contribution is -0.137. The van der Waals surface area contributed by atoms with E-state index in [0.717, 1.165) is 42.4 Å². The molecule has 3 aliphatic carbocycles. The Hall–Kier alpha value is -1.31. The van der Waals surface area contributed by atoms with Gasteiger partial charge in [-0.25, -0.2) is 0 Å². The first-order chi connectivity index (χ1) is 14.5. The fraction of sp³-hybridized carbons (Fsp3) is 0.750. The molecular formula is C28H41NO. The molecule has 0 aromatic heterocycles. The fourth-order valence-corrected chi connectivity index (χ4v) is 9.01. The molecule has 5 rings (SSSR count). The quantitative estimate of drug-likeness (QED) is 0.615. The van der Waals surface area contributed by atoms with E-state index >= 15 is 0 Å². The zero-order chi connectivity index (χ0) is 20.9. The molecule has 8 atom stereocenters. The van der Waals surface area contributed by atoms with E-state index in [-0.39, 0.29) is 0 Å². The van der Waals surface area contributed by atoms with E-state index in [2.05, 4.69) is 56.4 Å². The maximum Gasteiger partial charge on any atom is 0.220 e. The first-order valence-electron chi connectivity index (χ1n) is 12.8. The van der Waals surface area contributed by atoms with Gasteiger partial charge < -0.3 is 5.32 Å². The van der Waals surface area contributed by atoms with Crippen molar-refractivity contribution in [1.29, 1.82) is 0 Å². The van der Waals surface area contributed by atoms with Crippen LogP contribution in [0.3, 0.4) is 0 Å². The summed E-state index contributed by atoms with van der Waals surface area (Å²) in [5, 5.41) is 3.39. The number of hydrogen-bond donors (Lipinski definition) is 1. The molecule has 30 heavy (non-hydrogen) atoms. The van der Waals surface area contributed by atoms with Gasteiger partial charge in [0.2, 0.25) is 5.91 Å². The molecule has 0 spiro atoms. The van der Waals surface area contributed by atoms with Crippen LogP contribution in [0.1, 0.15) is 84.1 Å². The largest absolute Gasteiger partial charge is 0.353 e. The van der Waals surface area contributed by atoms with E-state index in [9.17, 15) is 4.79 Å². The zero-order valence-corrected chi connectivity index (χ0v) is 19.3. The second kappa shape index (κ2) is 7.68. The van der Waals surface area contributed by atoms with Crippen molar-refractivity contribution in [2.24, 2.45) is 40.4 Å². The van der Waals surface area contributed by atoms with Crippen LogP contribution in [0.25, 0.3) is 0 Å². The molecule has 2 heteroatoms. The summed E-state index contributed by atoms with van der Waals surface area (Å²) in [5.74, 6) is 4.61. The Bertz CT molecular complexity index is 774. The molecule has 4 aliphatic rings. The maximum absolute atomic E-state index is 12.0. The van der Waals surface area contributed by atoms with Crippen LogP contribution in [0, 0.1) is 40.4 Å². The van der Waals surface area contributed by atoms with Gasteiger partial charge in [-0.1, -0.05) is 57.5 Å². The normalized spacial score (nSPS) is 43.8. The average Bonchev–Trinajstić information content (AvgIpc) is 3.10. The topological polar surface area (TPSA) is 29.1 Å². The van der Waals surface area contributed by atoms with E-state index in [1.54, 1.807) is 0 Å². The monoisotopic (exact) mass is 407 g/mol. The highest BCUT2D eigenvalue weighted by Gasteiger charge is 2.60. The summed E-state index contributed by atoms with van der Waals surface area (Å²) in [5.41, 5.74) is 2.39. The molecule has 1 aromatic carbocycles. The predicted octanol–water partition coefficient (Wildman–Crippen LogP) is 6.39. The number of amides is 1. The highest BCUT2D eigenvalue weighted by molar-refractivity contribution is 5.77. The minimum absolute atomic E-state index is 0.296. The summed E-state index contributed by atoms with van der Waals surface area (Å²) in [6, 6.07) is 11.6. The third-order valence-corrected chi connectivity index (χ3v) is 10.6. The number of benzene rings is 1. The molecular weight excluding hydrogens is 366 g/mol. The van der Waals surface area contributed by atoms with Gasteiger partial charge in [0.05, 0.1) is 0 Å². The average molecular weight is 408 g/mol. The first kappa shape index (κ1) is 20.6. The van der Waals surface area contributed by atoms with Crippen molar-refractivity contribution in [3.05, 3.63) is 35.9 Å². The van der Waals surface area contributed by atoms with Crippen LogP contribution in [0.5, 0.6) is 0 Å². The Balaban J connectivity index is 1.37. The fourth-order valence-electron chi connectivity index (χ4n) is 9.01. The van der Waals surface area contributed by atoms with Crippen LogP contribution in [0.2, 0.25) is 0 Å². The van der Waals surface area contributed by atoms with E-state index in [4.69, 9.17) is 0 Å². The van der Waals surface area contributed by atoms with Crippen LogP contribution in [0.15, 0.2) is 30.3 Å². The zero-order valence-electron chi connectivity index (χ0n) is 19.3. The van der Waals surface area contributed by atoms with Crippen molar-refractivity contribution in [3.63, 3.8) is 0 Å². The van der Waals surface area contributed by atoms with Gasteiger partial charge in [0.15, 0.2) is 0 Å². The molecule has 0 radical (unpaired) electrons. The van der Waals surface area contributed by atoms with Crippen LogP contribution in [-0.2, 0) is 11.2 Å². The van der Waals surface area contributed by atoms with Crippen LogP contribution in [0.4, 0.5) is 0 Å². The summed E-state index contributed by atoms with van der Waals surface area (Å²) in [7, 11) is 0. The first-order valence-corrected chi connectivity index (χ1v) is 12.8. The Morgan fingerprint density at radius 1 is 0.967 bits per heavy atom.